The summed E-state index contributed by atoms with van der Waals surface area (Å²) in [5, 5.41) is 10.5. The van der Waals surface area contributed by atoms with Gasteiger partial charge in [-0.15, -0.1) is 10.2 Å². The van der Waals surface area contributed by atoms with Crippen LogP contribution in [-0.4, -0.2) is 20.7 Å². The van der Waals surface area contributed by atoms with Gasteiger partial charge in [-0.1, -0.05) is 6.08 Å². The molecule has 0 saturated heterocycles. The number of amides is 1. The van der Waals surface area contributed by atoms with Crippen LogP contribution in [0.15, 0.2) is 12.2 Å². The Labute approximate surface area is 82.8 Å². The van der Waals surface area contributed by atoms with Crippen molar-refractivity contribution in [2.24, 2.45) is 7.05 Å². The maximum Gasteiger partial charge on any atom is 0.244 e. The molecule has 1 rings (SSSR count). The van der Waals surface area contributed by atoms with Crippen molar-refractivity contribution in [3.05, 3.63) is 23.8 Å². The van der Waals surface area contributed by atoms with E-state index in [-0.39, 0.29) is 5.91 Å². The number of carbonyl (C=O) groups excluding carboxylic acids is 1. The maximum absolute atomic E-state index is 11.1. The average molecular weight is 194 g/mol. The summed E-state index contributed by atoms with van der Waals surface area (Å²) in [6.45, 7) is 4.07. The van der Waals surface area contributed by atoms with Gasteiger partial charge in [-0.2, -0.15) is 0 Å². The topological polar surface area (TPSA) is 59.8 Å². The minimum Gasteiger partial charge on any atom is -0.345 e. The Kier molecular flexibility index (Phi) is 3.39. The Morgan fingerprint density at radius 3 is 2.79 bits per heavy atom. The van der Waals surface area contributed by atoms with Gasteiger partial charge in [0, 0.05) is 7.05 Å². The Morgan fingerprint density at radius 1 is 1.57 bits per heavy atom. The van der Waals surface area contributed by atoms with Gasteiger partial charge >= 0.3 is 0 Å². The summed E-state index contributed by atoms with van der Waals surface area (Å²) in [4.78, 5) is 11.1. The van der Waals surface area contributed by atoms with E-state index in [1.807, 2.05) is 18.5 Å². The third-order valence-electron chi connectivity index (χ3n) is 1.92. The molecule has 76 valence electrons. The van der Waals surface area contributed by atoms with Crippen molar-refractivity contribution < 1.29 is 4.79 Å². The van der Waals surface area contributed by atoms with Crippen LogP contribution >= 0.6 is 0 Å². The Balaban J connectivity index is 2.54. The lowest BCUT2D eigenvalue weighted by atomic mass is 10.4. The van der Waals surface area contributed by atoms with E-state index in [2.05, 4.69) is 15.5 Å². The number of rotatable bonds is 3. The lowest BCUT2D eigenvalue weighted by Crippen LogP contribution is -2.22. The molecule has 1 N–H and O–H groups in total. The molecule has 1 heterocycles. The molecule has 0 spiro atoms. The maximum atomic E-state index is 11.1. The number of aryl methyl sites for hydroxylation is 1. The lowest BCUT2D eigenvalue weighted by Gasteiger charge is -2.01. The molecular weight excluding hydrogens is 180 g/mol. The van der Waals surface area contributed by atoms with E-state index in [4.69, 9.17) is 0 Å². The van der Waals surface area contributed by atoms with Crippen LogP contribution in [0.5, 0.6) is 0 Å². The van der Waals surface area contributed by atoms with E-state index in [1.54, 1.807) is 13.0 Å². The van der Waals surface area contributed by atoms with Crippen LogP contribution in [-0.2, 0) is 18.4 Å². The summed E-state index contributed by atoms with van der Waals surface area (Å²) in [7, 11) is 1.87. The van der Waals surface area contributed by atoms with E-state index in [9.17, 15) is 4.79 Å². The van der Waals surface area contributed by atoms with Gasteiger partial charge in [0.2, 0.25) is 5.91 Å². The normalized spacial score (nSPS) is 10.8. The second kappa shape index (κ2) is 4.55. The molecule has 5 nitrogen and oxygen atoms in total. The Hall–Kier alpha value is -1.65. The first-order valence-corrected chi connectivity index (χ1v) is 4.40. The fourth-order valence-corrected chi connectivity index (χ4v) is 0.981. The van der Waals surface area contributed by atoms with E-state index in [1.165, 1.54) is 6.08 Å². The molecule has 5 heteroatoms. The van der Waals surface area contributed by atoms with Gasteiger partial charge < -0.3 is 9.88 Å². The van der Waals surface area contributed by atoms with Crippen LogP contribution in [0.3, 0.4) is 0 Å². The van der Waals surface area contributed by atoms with Gasteiger partial charge in [-0.3, -0.25) is 4.79 Å². The molecule has 0 aromatic carbocycles. The molecular formula is C9H14N4O. The number of hydrogen-bond donors (Lipinski definition) is 1. The van der Waals surface area contributed by atoms with Crippen molar-refractivity contribution >= 4 is 5.91 Å². The van der Waals surface area contributed by atoms with Crippen molar-refractivity contribution in [1.29, 1.82) is 0 Å². The zero-order chi connectivity index (χ0) is 10.6. The molecule has 0 aliphatic rings. The highest BCUT2D eigenvalue weighted by Gasteiger charge is 2.04. The molecule has 0 radical (unpaired) electrons. The number of carbonyl (C=O) groups is 1. The van der Waals surface area contributed by atoms with Gasteiger partial charge in [0.15, 0.2) is 5.82 Å². The molecule has 0 aliphatic carbocycles. The summed E-state index contributed by atoms with van der Waals surface area (Å²) in [6.07, 6.45) is 3.17. The van der Waals surface area contributed by atoms with Crippen LogP contribution in [0.2, 0.25) is 0 Å². The van der Waals surface area contributed by atoms with Gasteiger partial charge in [0.25, 0.3) is 0 Å². The fraction of sp³-hybridized carbons (Fsp3) is 0.444. The quantitative estimate of drug-likeness (QED) is 0.705. The van der Waals surface area contributed by atoms with E-state index in [0.717, 1.165) is 11.6 Å². The summed E-state index contributed by atoms with van der Waals surface area (Å²) < 4.78 is 1.84. The molecule has 1 amide bonds. The monoisotopic (exact) mass is 194 g/mol. The molecule has 0 unspecified atom stereocenters. The highest BCUT2D eigenvalue weighted by atomic mass is 16.1. The molecule has 0 saturated carbocycles. The number of aromatic nitrogens is 3. The van der Waals surface area contributed by atoms with Crippen molar-refractivity contribution in [2.75, 3.05) is 0 Å². The number of nitrogens with zero attached hydrogens (tertiary/aromatic N) is 3. The van der Waals surface area contributed by atoms with Gasteiger partial charge in [-0.05, 0) is 19.9 Å². The standard InChI is InChI=1S/C9H14N4O/c1-4-5-9(14)10-6-8-12-11-7(2)13(8)3/h4-5H,6H2,1-3H3,(H,10,14)/b5-4+. The van der Waals surface area contributed by atoms with Crippen molar-refractivity contribution in [2.45, 2.75) is 20.4 Å². The Bertz CT molecular complexity index is 354. The zero-order valence-corrected chi connectivity index (χ0v) is 8.61. The second-order valence-electron chi connectivity index (χ2n) is 2.94. The largest absolute Gasteiger partial charge is 0.345 e. The van der Waals surface area contributed by atoms with Crippen LogP contribution in [0.4, 0.5) is 0 Å². The SMILES string of the molecule is C/C=C/C(=O)NCc1nnc(C)n1C. The molecule has 1 aromatic rings. The molecule has 0 aliphatic heterocycles. The van der Waals surface area contributed by atoms with Crippen molar-refractivity contribution in [3.8, 4) is 0 Å². The second-order valence-corrected chi connectivity index (χ2v) is 2.94. The minimum atomic E-state index is -0.117. The highest BCUT2D eigenvalue weighted by Crippen LogP contribution is 1.96. The van der Waals surface area contributed by atoms with Crippen LogP contribution in [0.25, 0.3) is 0 Å². The average Bonchev–Trinajstić information content (AvgIpc) is 2.46. The minimum absolute atomic E-state index is 0.117. The first-order valence-electron chi connectivity index (χ1n) is 4.40. The van der Waals surface area contributed by atoms with Crippen LogP contribution < -0.4 is 5.32 Å². The first kappa shape index (κ1) is 10.4. The number of allylic oxidation sites excluding steroid dienone is 1. The smallest absolute Gasteiger partial charge is 0.244 e. The van der Waals surface area contributed by atoms with Crippen LogP contribution in [0, 0.1) is 6.92 Å². The van der Waals surface area contributed by atoms with Gasteiger partial charge in [-0.25, -0.2) is 0 Å². The third-order valence-corrected chi connectivity index (χ3v) is 1.92. The summed E-state index contributed by atoms with van der Waals surface area (Å²) in [6, 6.07) is 0. The fourth-order valence-electron chi connectivity index (χ4n) is 0.981. The summed E-state index contributed by atoms with van der Waals surface area (Å²) >= 11 is 0. The lowest BCUT2D eigenvalue weighted by molar-refractivity contribution is -0.116. The van der Waals surface area contributed by atoms with Crippen LogP contribution in [0.1, 0.15) is 18.6 Å². The van der Waals surface area contributed by atoms with Gasteiger partial charge in [0.1, 0.15) is 5.82 Å². The summed E-state index contributed by atoms with van der Waals surface area (Å²) in [5.74, 6) is 1.47. The predicted molar refractivity (Wildman–Crippen MR) is 52.4 cm³/mol. The third kappa shape index (κ3) is 2.42. The molecule has 0 fully saturated rings. The molecule has 0 atom stereocenters. The van der Waals surface area contributed by atoms with E-state index >= 15 is 0 Å². The predicted octanol–water partition coefficient (Wildman–Crippen LogP) is 0.316. The van der Waals surface area contributed by atoms with E-state index < -0.39 is 0 Å². The number of hydrogen-bond acceptors (Lipinski definition) is 3. The summed E-state index contributed by atoms with van der Waals surface area (Å²) in [5.41, 5.74) is 0. The number of nitrogens with one attached hydrogen (secondary N) is 1. The van der Waals surface area contributed by atoms with Crippen molar-refractivity contribution in [1.82, 2.24) is 20.1 Å². The molecule has 0 bridgehead atoms. The first-order chi connectivity index (χ1) is 6.65. The van der Waals surface area contributed by atoms with Crippen molar-refractivity contribution in [3.63, 3.8) is 0 Å². The van der Waals surface area contributed by atoms with Gasteiger partial charge in [0.05, 0.1) is 6.54 Å². The Morgan fingerprint density at radius 2 is 2.29 bits per heavy atom. The van der Waals surface area contributed by atoms with E-state index in [0.29, 0.717) is 6.54 Å². The molecule has 14 heavy (non-hydrogen) atoms. The zero-order valence-electron chi connectivity index (χ0n) is 8.61. The highest BCUT2D eigenvalue weighted by molar-refractivity contribution is 5.87. The molecule has 1 aromatic heterocycles.